The van der Waals surface area contributed by atoms with Gasteiger partial charge in [-0.2, -0.15) is 0 Å². The first-order chi connectivity index (χ1) is 9.08. The molecular formula is C14H20F2IN3. The number of rotatable bonds is 5. The third kappa shape index (κ3) is 5.85. The number of hydrogen-bond donors (Lipinski definition) is 2. The zero-order valence-electron chi connectivity index (χ0n) is 11.6. The molecule has 0 fully saturated rings. The first-order valence-electron chi connectivity index (χ1n) is 6.08. The Morgan fingerprint density at radius 1 is 1.35 bits per heavy atom. The molecule has 0 amide bonds. The molecule has 6 heteroatoms. The second-order valence-electron chi connectivity index (χ2n) is 4.20. The van der Waals surface area contributed by atoms with E-state index in [1.54, 1.807) is 19.2 Å². The Bertz CT molecular complexity index is 464. The summed E-state index contributed by atoms with van der Waals surface area (Å²) in [7, 11) is 1.67. The predicted octanol–water partition coefficient (Wildman–Crippen LogP) is 3.04. The molecule has 0 aliphatic rings. The van der Waals surface area contributed by atoms with Crippen LogP contribution in [0.4, 0.5) is 8.78 Å². The van der Waals surface area contributed by atoms with Crippen LogP contribution in [0.3, 0.4) is 0 Å². The van der Waals surface area contributed by atoms with Crippen molar-refractivity contribution >= 4 is 29.9 Å². The Kier molecular flexibility index (Phi) is 9.11. The summed E-state index contributed by atoms with van der Waals surface area (Å²) in [6, 6.07) is 3.96. The van der Waals surface area contributed by atoms with Crippen LogP contribution < -0.4 is 10.6 Å². The van der Waals surface area contributed by atoms with Crippen molar-refractivity contribution in [3.05, 3.63) is 48.1 Å². The van der Waals surface area contributed by atoms with E-state index < -0.39 is 11.6 Å². The molecule has 0 radical (unpaired) electrons. The molecule has 1 unspecified atom stereocenters. The van der Waals surface area contributed by atoms with Gasteiger partial charge in [0.25, 0.3) is 0 Å². The molecule has 1 aromatic carbocycles. The maximum Gasteiger partial charge on any atom is 0.191 e. The molecule has 3 nitrogen and oxygen atoms in total. The van der Waals surface area contributed by atoms with Gasteiger partial charge in [-0.3, -0.25) is 4.99 Å². The van der Waals surface area contributed by atoms with Gasteiger partial charge < -0.3 is 10.6 Å². The maximum atomic E-state index is 13.1. The molecule has 2 N–H and O–H groups in total. The van der Waals surface area contributed by atoms with Crippen molar-refractivity contribution in [2.24, 2.45) is 4.99 Å². The van der Waals surface area contributed by atoms with Gasteiger partial charge in [-0.15, -0.1) is 30.6 Å². The third-order valence-electron chi connectivity index (χ3n) is 2.73. The lowest BCUT2D eigenvalue weighted by molar-refractivity contribution is 0.505. The molecule has 20 heavy (non-hydrogen) atoms. The molecule has 0 heterocycles. The third-order valence-corrected chi connectivity index (χ3v) is 2.73. The monoisotopic (exact) mass is 395 g/mol. The molecule has 1 rings (SSSR count). The molecule has 0 bridgehead atoms. The van der Waals surface area contributed by atoms with Gasteiger partial charge in [0.2, 0.25) is 0 Å². The highest BCUT2D eigenvalue weighted by Gasteiger charge is 2.09. The van der Waals surface area contributed by atoms with Gasteiger partial charge in [0, 0.05) is 20.1 Å². The molecule has 1 aromatic rings. The quantitative estimate of drug-likeness (QED) is 0.348. The zero-order chi connectivity index (χ0) is 14.3. The van der Waals surface area contributed by atoms with Crippen LogP contribution in [0.5, 0.6) is 0 Å². The van der Waals surface area contributed by atoms with E-state index in [1.165, 1.54) is 6.07 Å². The normalized spacial score (nSPS) is 12.3. The second kappa shape index (κ2) is 9.68. The predicted molar refractivity (Wildman–Crippen MR) is 89.7 cm³/mol. The fourth-order valence-corrected chi connectivity index (χ4v) is 1.58. The van der Waals surface area contributed by atoms with Crippen LogP contribution >= 0.6 is 24.0 Å². The molecule has 0 saturated heterocycles. The summed E-state index contributed by atoms with van der Waals surface area (Å²) < 4.78 is 26.0. The van der Waals surface area contributed by atoms with Crippen molar-refractivity contribution in [2.75, 3.05) is 20.1 Å². The summed E-state index contributed by atoms with van der Waals surface area (Å²) in [4.78, 5) is 4.04. The van der Waals surface area contributed by atoms with E-state index in [0.29, 0.717) is 19.0 Å². The van der Waals surface area contributed by atoms with Crippen LogP contribution in [0.25, 0.3) is 0 Å². The molecule has 0 saturated carbocycles. The van der Waals surface area contributed by atoms with Gasteiger partial charge >= 0.3 is 0 Å². The topological polar surface area (TPSA) is 36.4 Å². The number of halogens is 3. The highest BCUT2D eigenvalue weighted by Crippen LogP contribution is 2.17. The Balaban J connectivity index is 0.00000361. The van der Waals surface area contributed by atoms with E-state index >= 15 is 0 Å². The minimum Gasteiger partial charge on any atom is -0.356 e. The average Bonchev–Trinajstić information content (AvgIpc) is 2.41. The zero-order valence-corrected chi connectivity index (χ0v) is 13.9. The molecule has 0 spiro atoms. The molecular weight excluding hydrogens is 375 g/mol. The van der Waals surface area contributed by atoms with Crippen LogP contribution in [0.1, 0.15) is 18.4 Å². The summed E-state index contributed by atoms with van der Waals surface area (Å²) in [5.41, 5.74) is 0.741. The van der Waals surface area contributed by atoms with Gasteiger partial charge in [-0.25, -0.2) is 8.78 Å². The summed E-state index contributed by atoms with van der Waals surface area (Å²) in [5, 5.41) is 6.14. The van der Waals surface area contributed by atoms with Gasteiger partial charge in [-0.05, 0) is 23.6 Å². The molecule has 0 aliphatic heterocycles. The van der Waals surface area contributed by atoms with E-state index in [9.17, 15) is 8.78 Å². The van der Waals surface area contributed by atoms with Crippen LogP contribution in [-0.4, -0.2) is 26.1 Å². The van der Waals surface area contributed by atoms with E-state index in [0.717, 1.165) is 11.6 Å². The fourth-order valence-electron chi connectivity index (χ4n) is 1.58. The van der Waals surface area contributed by atoms with Crippen LogP contribution in [0.2, 0.25) is 0 Å². The highest BCUT2D eigenvalue weighted by molar-refractivity contribution is 14.0. The molecule has 1 atom stereocenters. The lowest BCUT2D eigenvalue weighted by Crippen LogP contribution is -2.39. The van der Waals surface area contributed by atoms with E-state index in [2.05, 4.69) is 22.2 Å². The van der Waals surface area contributed by atoms with Crippen LogP contribution in [-0.2, 0) is 0 Å². The largest absolute Gasteiger partial charge is 0.356 e. The van der Waals surface area contributed by atoms with Crippen LogP contribution in [0.15, 0.2) is 35.8 Å². The van der Waals surface area contributed by atoms with Gasteiger partial charge in [-0.1, -0.05) is 19.1 Å². The summed E-state index contributed by atoms with van der Waals surface area (Å²) in [6.07, 6.45) is 1.73. The number of guanidine groups is 1. The summed E-state index contributed by atoms with van der Waals surface area (Å²) in [6.45, 7) is 6.72. The molecule has 112 valence electrons. The lowest BCUT2D eigenvalue weighted by atomic mass is 10.0. The Labute approximate surface area is 135 Å². The van der Waals surface area contributed by atoms with E-state index in [1.807, 2.05) is 6.92 Å². The Morgan fingerprint density at radius 3 is 2.60 bits per heavy atom. The number of nitrogens with zero attached hydrogens (tertiary/aromatic N) is 1. The number of benzene rings is 1. The minimum absolute atomic E-state index is 0. The summed E-state index contributed by atoms with van der Waals surface area (Å²) in [5.74, 6) is -0.961. The molecule has 0 aromatic heterocycles. The van der Waals surface area contributed by atoms with Crippen molar-refractivity contribution in [2.45, 2.75) is 12.8 Å². The van der Waals surface area contributed by atoms with Gasteiger partial charge in [0.05, 0.1) is 0 Å². The molecule has 0 aliphatic carbocycles. The van der Waals surface area contributed by atoms with E-state index in [4.69, 9.17) is 0 Å². The van der Waals surface area contributed by atoms with Gasteiger partial charge in [0.1, 0.15) is 0 Å². The highest BCUT2D eigenvalue weighted by atomic mass is 127. The Morgan fingerprint density at radius 2 is 2.05 bits per heavy atom. The Hall–Kier alpha value is -1.18. The van der Waals surface area contributed by atoms with E-state index in [-0.39, 0.29) is 29.9 Å². The van der Waals surface area contributed by atoms with Crippen molar-refractivity contribution < 1.29 is 8.78 Å². The second-order valence-corrected chi connectivity index (χ2v) is 4.20. The van der Waals surface area contributed by atoms with Crippen molar-refractivity contribution in [1.82, 2.24) is 10.6 Å². The number of aliphatic imine (C=N–C) groups is 1. The SMILES string of the molecule is C=CCNC(=NC)NCC(C)c1ccc(F)c(F)c1.I. The van der Waals surface area contributed by atoms with Crippen molar-refractivity contribution in [1.29, 1.82) is 0 Å². The fraction of sp³-hybridized carbons (Fsp3) is 0.357. The minimum atomic E-state index is -0.827. The maximum absolute atomic E-state index is 13.1. The van der Waals surface area contributed by atoms with Crippen molar-refractivity contribution in [3.63, 3.8) is 0 Å². The average molecular weight is 395 g/mol. The first-order valence-corrected chi connectivity index (χ1v) is 6.08. The standard InChI is InChI=1S/C14H19F2N3.HI/c1-4-7-18-14(17-3)19-9-10(2)11-5-6-12(15)13(16)8-11;/h4-6,8,10H,1,7,9H2,2-3H3,(H2,17,18,19);1H. The number of hydrogen-bond acceptors (Lipinski definition) is 1. The number of nitrogens with one attached hydrogen (secondary N) is 2. The smallest absolute Gasteiger partial charge is 0.191 e. The lowest BCUT2D eigenvalue weighted by Gasteiger charge is -2.16. The van der Waals surface area contributed by atoms with Gasteiger partial charge in [0.15, 0.2) is 17.6 Å². The first kappa shape index (κ1) is 18.8. The summed E-state index contributed by atoms with van der Waals surface area (Å²) >= 11 is 0. The van der Waals surface area contributed by atoms with Crippen molar-refractivity contribution in [3.8, 4) is 0 Å². The van der Waals surface area contributed by atoms with Crippen LogP contribution in [0, 0.1) is 11.6 Å².